The van der Waals surface area contributed by atoms with Crippen LogP contribution < -0.4 is 4.90 Å². The van der Waals surface area contributed by atoms with Crippen molar-refractivity contribution < 1.29 is 23.9 Å². The van der Waals surface area contributed by atoms with Crippen LogP contribution >= 0.6 is 0 Å². The van der Waals surface area contributed by atoms with E-state index in [1.807, 2.05) is 48.6 Å². The zero-order chi connectivity index (χ0) is 22.3. The number of benzene rings is 2. The predicted octanol–water partition coefficient (Wildman–Crippen LogP) is 3.68. The average Bonchev–Trinajstić information content (AvgIpc) is 3.08. The van der Waals surface area contributed by atoms with E-state index >= 15 is 0 Å². The highest BCUT2D eigenvalue weighted by molar-refractivity contribution is 6.54. The quantitative estimate of drug-likeness (QED) is 0.421. The second-order valence-electron chi connectivity index (χ2n) is 8.06. The van der Waals surface area contributed by atoms with Gasteiger partial charge in [-0.05, 0) is 38.0 Å². The minimum Gasteiger partial charge on any atom is -0.485 e. The molecule has 3 atom stereocenters. The molecule has 1 amide bonds. The molecule has 6 nitrogen and oxygen atoms in total. The molecule has 162 valence electrons. The van der Waals surface area contributed by atoms with Crippen LogP contribution in [-0.4, -0.2) is 35.9 Å². The molecule has 0 radical (unpaired) electrons. The molecule has 6 heteroatoms. The monoisotopic (exact) mass is 429 g/mol. The van der Waals surface area contributed by atoms with Gasteiger partial charge in [0.05, 0.1) is 12.2 Å². The third kappa shape index (κ3) is 2.75. The summed E-state index contributed by atoms with van der Waals surface area (Å²) in [5.41, 5.74) is -0.390. The number of rotatable bonds is 4. The van der Waals surface area contributed by atoms with Gasteiger partial charge in [-0.2, -0.15) is 0 Å². The molecule has 2 aromatic rings. The van der Waals surface area contributed by atoms with Gasteiger partial charge in [0.1, 0.15) is 11.9 Å². The molecular weight excluding hydrogens is 406 g/mol. The van der Waals surface area contributed by atoms with Gasteiger partial charge >= 0.3 is 11.9 Å². The van der Waals surface area contributed by atoms with Crippen molar-refractivity contribution in [2.24, 2.45) is 5.92 Å². The van der Waals surface area contributed by atoms with Crippen LogP contribution in [0, 0.1) is 5.92 Å². The van der Waals surface area contributed by atoms with Gasteiger partial charge in [0.15, 0.2) is 5.54 Å². The van der Waals surface area contributed by atoms with Gasteiger partial charge in [0.25, 0.3) is 5.78 Å². The molecule has 2 heterocycles. The number of hydrogen-bond donors (Lipinski definition) is 0. The number of amides is 1. The number of carbonyl (C=O) groups excluding carboxylic acids is 3. The average molecular weight is 429 g/mol. The molecule has 5 rings (SSSR count). The fraction of sp³-hybridized carbons (Fsp3) is 0.269. The molecule has 0 unspecified atom stereocenters. The molecule has 1 aliphatic carbocycles. The highest BCUT2D eigenvalue weighted by atomic mass is 16.5. The van der Waals surface area contributed by atoms with Crippen LogP contribution in [0.5, 0.6) is 0 Å². The molecule has 32 heavy (non-hydrogen) atoms. The number of ether oxygens (including phenoxy) is 2. The Morgan fingerprint density at radius 1 is 1.09 bits per heavy atom. The van der Waals surface area contributed by atoms with Gasteiger partial charge in [0, 0.05) is 17.2 Å². The molecule has 0 aromatic heterocycles. The Hall–Kier alpha value is -3.67. The fourth-order valence-electron chi connectivity index (χ4n) is 5.13. The highest BCUT2D eigenvalue weighted by Crippen LogP contribution is 2.53. The Bertz CT molecular complexity index is 1140. The Kier molecular flexibility index (Phi) is 4.93. The normalized spacial score (nSPS) is 26.5. The number of carbonyl (C=O) groups is 3. The van der Waals surface area contributed by atoms with E-state index in [0.717, 1.165) is 0 Å². The van der Waals surface area contributed by atoms with Crippen LogP contribution in [-0.2, 0) is 23.9 Å². The van der Waals surface area contributed by atoms with Crippen molar-refractivity contribution in [3.63, 3.8) is 0 Å². The molecule has 0 saturated carbocycles. The summed E-state index contributed by atoms with van der Waals surface area (Å²) in [7, 11) is 0. The molecule has 2 aromatic carbocycles. The van der Waals surface area contributed by atoms with Crippen molar-refractivity contribution in [3.05, 3.63) is 84.0 Å². The molecule has 1 fully saturated rings. The highest BCUT2D eigenvalue weighted by Gasteiger charge is 2.69. The maximum absolute atomic E-state index is 13.8. The minimum atomic E-state index is -1.59. The summed E-state index contributed by atoms with van der Waals surface area (Å²) in [5, 5.41) is 0. The molecule has 2 aliphatic heterocycles. The second-order valence-corrected chi connectivity index (χ2v) is 8.06. The maximum atomic E-state index is 13.8. The minimum absolute atomic E-state index is 0.0764. The number of esters is 1. The third-order valence-electron chi connectivity index (χ3n) is 6.38. The third-order valence-corrected chi connectivity index (χ3v) is 6.38. The van der Waals surface area contributed by atoms with E-state index in [4.69, 9.17) is 9.47 Å². The lowest BCUT2D eigenvalue weighted by Gasteiger charge is -2.48. The van der Waals surface area contributed by atoms with E-state index in [2.05, 4.69) is 0 Å². The van der Waals surface area contributed by atoms with E-state index in [0.29, 0.717) is 24.1 Å². The SMILES string of the molecule is CCOC(=O)[C@]12C(=C(c3ccccc3)O[C@@H]3C=CCC[C@H]31)C(=O)C(=O)N2c1ccccc1. The van der Waals surface area contributed by atoms with Crippen LogP contribution in [0.4, 0.5) is 5.69 Å². The largest absolute Gasteiger partial charge is 0.485 e. The topological polar surface area (TPSA) is 72.9 Å². The first-order chi connectivity index (χ1) is 15.6. The van der Waals surface area contributed by atoms with Gasteiger partial charge in [0.2, 0.25) is 0 Å². The van der Waals surface area contributed by atoms with E-state index in [1.165, 1.54) is 4.90 Å². The van der Waals surface area contributed by atoms with Crippen molar-refractivity contribution in [3.8, 4) is 0 Å². The zero-order valence-corrected chi connectivity index (χ0v) is 17.7. The number of anilines is 1. The zero-order valence-electron chi connectivity index (χ0n) is 17.7. The lowest BCUT2D eigenvalue weighted by Crippen LogP contribution is -2.63. The number of allylic oxidation sites excluding steroid dienone is 1. The Morgan fingerprint density at radius 3 is 2.47 bits per heavy atom. The smallest absolute Gasteiger partial charge is 0.337 e. The summed E-state index contributed by atoms with van der Waals surface area (Å²) in [6.45, 7) is 1.85. The molecule has 0 spiro atoms. The Morgan fingerprint density at radius 2 is 1.78 bits per heavy atom. The van der Waals surface area contributed by atoms with Crippen molar-refractivity contribution in [1.29, 1.82) is 0 Å². The van der Waals surface area contributed by atoms with Crippen LogP contribution in [0.15, 0.2) is 78.4 Å². The van der Waals surface area contributed by atoms with Crippen molar-refractivity contribution in [1.82, 2.24) is 0 Å². The van der Waals surface area contributed by atoms with Crippen LogP contribution in [0.1, 0.15) is 25.3 Å². The fourth-order valence-corrected chi connectivity index (χ4v) is 5.13. The lowest BCUT2D eigenvalue weighted by molar-refractivity contribution is -0.153. The van der Waals surface area contributed by atoms with Crippen molar-refractivity contribution in [2.75, 3.05) is 11.5 Å². The molecule has 3 aliphatic rings. The summed E-state index contributed by atoms with van der Waals surface area (Å²) in [6.07, 6.45) is 4.75. The first kappa shape index (κ1) is 20.2. The molecule has 0 N–H and O–H groups in total. The van der Waals surface area contributed by atoms with Gasteiger partial charge < -0.3 is 9.47 Å². The first-order valence-electron chi connectivity index (χ1n) is 10.8. The number of para-hydroxylation sites is 1. The molecular formula is C26H23NO5. The summed E-state index contributed by atoms with van der Waals surface area (Å²) in [5.74, 6) is -2.26. The summed E-state index contributed by atoms with van der Waals surface area (Å²) in [4.78, 5) is 42.2. The molecule has 1 saturated heterocycles. The Labute approximate surface area is 186 Å². The van der Waals surface area contributed by atoms with Gasteiger partial charge in [-0.25, -0.2) is 4.79 Å². The van der Waals surface area contributed by atoms with Crippen LogP contribution in [0.25, 0.3) is 5.76 Å². The Balaban J connectivity index is 1.87. The van der Waals surface area contributed by atoms with E-state index in [1.54, 1.807) is 31.2 Å². The maximum Gasteiger partial charge on any atom is 0.337 e. The second kappa shape index (κ2) is 7.79. The van der Waals surface area contributed by atoms with E-state index in [9.17, 15) is 14.4 Å². The van der Waals surface area contributed by atoms with Crippen molar-refractivity contribution >= 4 is 29.1 Å². The van der Waals surface area contributed by atoms with Crippen LogP contribution in [0.3, 0.4) is 0 Å². The number of fused-ring (bicyclic) bond motifs is 3. The molecule has 0 bridgehead atoms. The number of hydrogen-bond acceptors (Lipinski definition) is 5. The number of ketones is 1. The van der Waals surface area contributed by atoms with Crippen LogP contribution in [0.2, 0.25) is 0 Å². The van der Waals surface area contributed by atoms with Gasteiger partial charge in [-0.15, -0.1) is 0 Å². The van der Waals surface area contributed by atoms with Crippen molar-refractivity contribution in [2.45, 2.75) is 31.4 Å². The standard InChI is InChI=1S/C26H23NO5/c1-2-31-25(30)26-19-15-9-10-16-20(19)32-23(17-11-5-3-6-12-17)21(26)22(28)24(29)27(26)18-13-7-4-8-14-18/h3-8,10-14,16,19-20H,2,9,15H2,1H3/t19-,20-,26-/m1/s1. The van der Waals surface area contributed by atoms with E-state index in [-0.39, 0.29) is 17.9 Å². The first-order valence-corrected chi connectivity index (χ1v) is 10.8. The van der Waals surface area contributed by atoms with E-state index < -0.39 is 35.2 Å². The van der Waals surface area contributed by atoms with Gasteiger partial charge in [-0.1, -0.05) is 54.6 Å². The van der Waals surface area contributed by atoms with Gasteiger partial charge in [-0.3, -0.25) is 14.5 Å². The summed E-state index contributed by atoms with van der Waals surface area (Å²) >= 11 is 0. The summed E-state index contributed by atoms with van der Waals surface area (Å²) < 4.78 is 11.9. The predicted molar refractivity (Wildman–Crippen MR) is 118 cm³/mol. The number of Topliss-reactive ketones (excluding diaryl/α,β-unsaturated/α-hetero) is 1. The summed E-state index contributed by atoms with van der Waals surface area (Å²) in [6, 6.07) is 18.0. The number of nitrogens with zero attached hydrogens (tertiary/aromatic N) is 1. The lowest BCUT2D eigenvalue weighted by atomic mass is 9.68.